The molecule has 1 unspecified atom stereocenters. The molecule has 1 aliphatic rings. The molecule has 0 bridgehead atoms. The fraction of sp³-hybridized carbons (Fsp3) is 0.714. The summed E-state index contributed by atoms with van der Waals surface area (Å²) in [5.74, 6) is -0.0973. The summed E-state index contributed by atoms with van der Waals surface area (Å²) >= 11 is 0. The van der Waals surface area contributed by atoms with Crippen molar-refractivity contribution in [1.29, 1.82) is 5.26 Å². The first-order valence-electron chi connectivity index (χ1n) is 4.01. The van der Waals surface area contributed by atoms with Crippen LogP contribution in [0.4, 0.5) is 0 Å². The van der Waals surface area contributed by atoms with Crippen molar-refractivity contribution >= 4 is 15.8 Å². The van der Waals surface area contributed by atoms with Gasteiger partial charge in [-0.25, -0.2) is 0 Å². The molecule has 0 aromatic carbocycles. The number of oxime groups is 1. The molecular formula is C7H13N3O4S. The van der Waals surface area contributed by atoms with E-state index in [0.717, 1.165) is 5.71 Å². The minimum Gasteiger partial charge on any atom is -0.399 e. The van der Waals surface area contributed by atoms with Crippen molar-refractivity contribution in [2.24, 2.45) is 11.1 Å². The second-order valence-corrected chi connectivity index (χ2v) is 4.28. The molecule has 0 amide bonds. The lowest BCUT2D eigenvalue weighted by Crippen LogP contribution is -2.09. The molecular weight excluding hydrogens is 222 g/mol. The van der Waals surface area contributed by atoms with Gasteiger partial charge in [-0.1, -0.05) is 5.16 Å². The van der Waals surface area contributed by atoms with Gasteiger partial charge in [0.15, 0.2) is 0 Å². The van der Waals surface area contributed by atoms with Gasteiger partial charge >= 0.3 is 0 Å². The third-order valence-electron chi connectivity index (χ3n) is 1.42. The van der Waals surface area contributed by atoms with E-state index in [9.17, 15) is 8.42 Å². The topological polar surface area (TPSA) is 112 Å². The molecule has 1 rings (SSSR count). The molecule has 7 nitrogen and oxygen atoms in total. The molecule has 2 N–H and O–H groups in total. The normalized spacial score (nSPS) is 22.8. The highest BCUT2D eigenvalue weighted by atomic mass is 32.2. The lowest BCUT2D eigenvalue weighted by Gasteiger charge is -1.95. The van der Waals surface area contributed by atoms with Crippen LogP contribution in [-0.4, -0.2) is 45.1 Å². The van der Waals surface area contributed by atoms with Gasteiger partial charge in [-0.05, 0) is 0 Å². The van der Waals surface area contributed by atoms with Crippen molar-refractivity contribution in [2.45, 2.75) is 0 Å². The first-order valence-corrected chi connectivity index (χ1v) is 5.86. The van der Waals surface area contributed by atoms with Crippen LogP contribution >= 0.6 is 0 Å². The maximum Gasteiger partial charge on any atom is 0.261 e. The average molecular weight is 235 g/mol. The summed E-state index contributed by atoms with van der Waals surface area (Å²) in [6.07, 6.45) is 0.715. The molecule has 1 saturated heterocycles. The van der Waals surface area contributed by atoms with E-state index >= 15 is 0 Å². The molecule has 1 fully saturated rings. The molecule has 15 heavy (non-hydrogen) atoms. The molecule has 0 aliphatic carbocycles. The van der Waals surface area contributed by atoms with Gasteiger partial charge in [-0.3, -0.25) is 4.55 Å². The predicted molar refractivity (Wildman–Crippen MR) is 53.9 cm³/mol. The molecule has 1 atom stereocenters. The Labute approximate surface area is 88.5 Å². The molecule has 0 aromatic rings. The molecule has 1 aliphatic heterocycles. The van der Waals surface area contributed by atoms with Crippen molar-refractivity contribution in [3.63, 3.8) is 0 Å². The highest BCUT2D eigenvalue weighted by Gasteiger charge is 2.21. The van der Waals surface area contributed by atoms with Crippen LogP contribution in [0.25, 0.3) is 0 Å². The van der Waals surface area contributed by atoms with Gasteiger partial charge in [0, 0.05) is 13.1 Å². The fourth-order valence-electron chi connectivity index (χ4n) is 0.919. The summed E-state index contributed by atoms with van der Waals surface area (Å²) in [4.78, 5) is 4.55. The van der Waals surface area contributed by atoms with E-state index in [-0.39, 0.29) is 5.92 Å². The third kappa shape index (κ3) is 7.87. The molecule has 0 radical (unpaired) electrons. The van der Waals surface area contributed by atoms with E-state index in [4.69, 9.17) is 9.81 Å². The highest BCUT2D eigenvalue weighted by Crippen LogP contribution is 2.03. The zero-order valence-electron chi connectivity index (χ0n) is 8.47. The molecule has 1 heterocycles. The van der Waals surface area contributed by atoms with Gasteiger partial charge in [0.25, 0.3) is 10.1 Å². The SMILES string of the molecule is CO/N=C1\CNCC1C#N.CS(=O)(=O)O. The molecule has 86 valence electrons. The minimum atomic E-state index is -3.67. The van der Waals surface area contributed by atoms with E-state index in [1.807, 2.05) is 0 Å². The first kappa shape index (κ1) is 13.8. The average Bonchev–Trinajstić information content (AvgIpc) is 2.49. The van der Waals surface area contributed by atoms with E-state index in [0.29, 0.717) is 19.3 Å². The third-order valence-corrected chi connectivity index (χ3v) is 1.42. The van der Waals surface area contributed by atoms with Gasteiger partial charge < -0.3 is 10.2 Å². The van der Waals surface area contributed by atoms with Crippen molar-refractivity contribution in [3.05, 3.63) is 0 Å². The number of nitrogens with one attached hydrogen (secondary N) is 1. The van der Waals surface area contributed by atoms with Crippen LogP contribution in [0.15, 0.2) is 5.16 Å². The minimum absolute atomic E-state index is 0.0973. The van der Waals surface area contributed by atoms with E-state index in [2.05, 4.69) is 21.4 Å². The summed E-state index contributed by atoms with van der Waals surface area (Å²) in [5.41, 5.74) is 0.796. The Morgan fingerprint density at radius 1 is 1.73 bits per heavy atom. The van der Waals surface area contributed by atoms with Gasteiger partial charge in [-0.15, -0.1) is 0 Å². The van der Waals surface area contributed by atoms with Gasteiger partial charge in [-0.2, -0.15) is 13.7 Å². The van der Waals surface area contributed by atoms with E-state index in [1.54, 1.807) is 0 Å². The number of nitrogens with zero attached hydrogens (tertiary/aromatic N) is 2. The zero-order valence-corrected chi connectivity index (χ0v) is 9.28. The summed E-state index contributed by atoms with van der Waals surface area (Å²) in [5, 5.41) is 15.3. The molecule has 0 saturated carbocycles. The smallest absolute Gasteiger partial charge is 0.261 e. The van der Waals surface area contributed by atoms with Crippen LogP contribution in [0.2, 0.25) is 0 Å². The van der Waals surface area contributed by atoms with Crippen LogP contribution < -0.4 is 5.32 Å². The molecule has 8 heteroatoms. The Morgan fingerprint density at radius 3 is 2.67 bits per heavy atom. The summed E-state index contributed by atoms with van der Waals surface area (Å²) in [7, 11) is -2.18. The quantitative estimate of drug-likeness (QED) is 0.456. The second kappa shape index (κ2) is 6.34. The van der Waals surface area contributed by atoms with Gasteiger partial charge in [0.2, 0.25) is 0 Å². The Kier molecular flexibility index (Phi) is 5.84. The zero-order chi connectivity index (χ0) is 11.9. The second-order valence-electron chi connectivity index (χ2n) is 2.81. The Morgan fingerprint density at radius 2 is 2.27 bits per heavy atom. The monoisotopic (exact) mass is 235 g/mol. The molecule has 0 aromatic heterocycles. The van der Waals surface area contributed by atoms with Crippen molar-refractivity contribution < 1.29 is 17.8 Å². The highest BCUT2D eigenvalue weighted by molar-refractivity contribution is 7.85. The number of nitriles is 1. The number of hydrogen-bond acceptors (Lipinski definition) is 6. The Bertz CT molecular complexity index is 349. The standard InChI is InChI=1S/C6H9N3O.CH4O3S/c1-10-9-6-4-8-3-5(6)2-7;1-5(2,3)4/h5,8H,3-4H2,1H3;1H3,(H,2,3,4)/b9-6+;. The Balaban J connectivity index is 0.000000336. The van der Waals surface area contributed by atoms with E-state index < -0.39 is 10.1 Å². The summed E-state index contributed by atoms with van der Waals surface area (Å²) in [6, 6.07) is 2.13. The maximum atomic E-state index is 9.19. The lowest BCUT2D eigenvalue weighted by atomic mass is 10.1. The lowest BCUT2D eigenvalue weighted by molar-refractivity contribution is 0.212. The maximum absolute atomic E-state index is 9.19. The van der Waals surface area contributed by atoms with E-state index in [1.165, 1.54) is 7.11 Å². The first-order chi connectivity index (χ1) is 6.88. The largest absolute Gasteiger partial charge is 0.399 e. The van der Waals surface area contributed by atoms with Crippen molar-refractivity contribution in [2.75, 3.05) is 26.5 Å². The van der Waals surface area contributed by atoms with Crippen LogP contribution in [0.1, 0.15) is 0 Å². The van der Waals surface area contributed by atoms with Gasteiger partial charge in [0.05, 0.1) is 18.0 Å². The number of hydrogen-bond donors (Lipinski definition) is 2. The van der Waals surface area contributed by atoms with Crippen LogP contribution in [0, 0.1) is 17.2 Å². The summed E-state index contributed by atoms with van der Waals surface area (Å²) < 4.78 is 25.9. The van der Waals surface area contributed by atoms with Crippen molar-refractivity contribution in [1.82, 2.24) is 5.32 Å². The van der Waals surface area contributed by atoms with Gasteiger partial charge in [0.1, 0.15) is 13.0 Å². The Hall–Kier alpha value is -1.17. The van der Waals surface area contributed by atoms with Crippen LogP contribution in [0.5, 0.6) is 0 Å². The predicted octanol–water partition coefficient (Wildman–Crippen LogP) is -0.764. The summed E-state index contributed by atoms with van der Waals surface area (Å²) in [6.45, 7) is 1.37. The van der Waals surface area contributed by atoms with Crippen LogP contribution in [0.3, 0.4) is 0 Å². The van der Waals surface area contributed by atoms with Crippen molar-refractivity contribution in [3.8, 4) is 6.07 Å². The fourth-order valence-corrected chi connectivity index (χ4v) is 0.919. The number of rotatable bonds is 1. The molecule has 0 spiro atoms. The van der Waals surface area contributed by atoms with Crippen LogP contribution in [-0.2, 0) is 15.0 Å².